The van der Waals surface area contributed by atoms with Crippen LogP contribution in [0.1, 0.15) is 5.56 Å². The van der Waals surface area contributed by atoms with Gasteiger partial charge in [-0.3, -0.25) is 0 Å². The predicted molar refractivity (Wildman–Crippen MR) is 78.8 cm³/mol. The van der Waals surface area contributed by atoms with Gasteiger partial charge in [0.1, 0.15) is 6.61 Å². The zero-order chi connectivity index (χ0) is 14.8. The quantitative estimate of drug-likeness (QED) is 0.805. The van der Waals surface area contributed by atoms with Crippen LogP contribution in [0.4, 0.5) is 9.59 Å². The zero-order valence-corrected chi connectivity index (χ0v) is 13.1. The Kier molecular flexibility index (Phi) is 4.13. The minimum atomic E-state index is -1.73. The van der Waals surface area contributed by atoms with Crippen LogP contribution in [0.25, 0.3) is 0 Å². The molecule has 0 saturated carbocycles. The van der Waals surface area contributed by atoms with Gasteiger partial charge < -0.3 is 9.30 Å². The maximum atomic E-state index is 12.2. The van der Waals surface area contributed by atoms with Gasteiger partial charge in [0.25, 0.3) is 0 Å². The van der Waals surface area contributed by atoms with Crippen LogP contribution in [0.15, 0.2) is 30.3 Å². The van der Waals surface area contributed by atoms with Gasteiger partial charge in [-0.05, 0) is 5.56 Å². The van der Waals surface area contributed by atoms with Gasteiger partial charge in [-0.15, -0.1) is 0 Å². The first-order chi connectivity index (χ1) is 9.39. The molecule has 0 N–H and O–H groups in total. The Morgan fingerprint density at radius 3 is 2.40 bits per heavy atom. The monoisotopic (exact) mass is 292 g/mol. The SMILES string of the molecule is C[Si](C)(C)N1CCN(C(=O)OCc2ccccc2)C1=O. The molecule has 6 heteroatoms. The van der Waals surface area contributed by atoms with Crippen LogP contribution in [-0.2, 0) is 11.3 Å². The number of urea groups is 1. The second-order valence-electron chi connectivity index (χ2n) is 5.80. The summed E-state index contributed by atoms with van der Waals surface area (Å²) < 4.78 is 7.01. The summed E-state index contributed by atoms with van der Waals surface area (Å²) in [5.74, 6) is 0. The molecule has 1 fully saturated rings. The van der Waals surface area contributed by atoms with Crippen molar-refractivity contribution in [3.63, 3.8) is 0 Å². The summed E-state index contributed by atoms with van der Waals surface area (Å²) in [7, 11) is -1.73. The molecule has 20 heavy (non-hydrogen) atoms. The maximum absolute atomic E-state index is 12.2. The smallest absolute Gasteiger partial charge is 0.418 e. The first-order valence-corrected chi connectivity index (χ1v) is 10.1. The lowest BCUT2D eigenvalue weighted by molar-refractivity contribution is 0.110. The summed E-state index contributed by atoms with van der Waals surface area (Å²) in [4.78, 5) is 25.4. The van der Waals surface area contributed by atoms with Crippen molar-refractivity contribution in [1.82, 2.24) is 9.47 Å². The molecule has 0 radical (unpaired) electrons. The number of benzene rings is 1. The van der Waals surface area contributed by atoms with E-state index in [9.17, 15) is 9.59 Å². The fourth-order valence-corrected chi connectivity index (χ4v) is 3.59. The zero-order valence-electron chi connectivity index (χ0n) is 12.1. The van der Waals surface area contributed by atoms with Crippen molar-refractivity contribution in [3.05, 3.63) is 35.9 Å². The second-order valence-corrected chi connectivity index (χ2v) is 10.7. The lowest BCUT2D eigenvalue weighted by Gasteiger charge is -2.29. The highest BCUT2D eigenvalue weighted by Gasteiger charge is 2.40. The molecule has 1 saturated heterocycles. The molecule has 0 atom stereocenters. The molecule has 2 rings (SSSR count). The van der Waals surface area contributed by atoms with Crippen LogP contribution in [0.3, 0.4) is 0 Å². The Labute approximate surface area is 120 Å². The van der Waals surface area contributed by atoms with Crippen molar-refractivity contribution < 1.29 is 14.3 Å². The molecule has 1 aliphatic heterocycles. The predicted octanol–water partition coefficient (Wildman–Crippen LogP) is 2.90. The first-order valence-electron chi connectivity index (χ1n) is 6.69. The third-order valence-electron chi connectivity index (χ3n) is 3.24. The number of ether oxygens (including phenoxy) is 1. The lowest BCUT2D eigenvalue weighted by atomic mass is 10.2. The number of hydrogen-bond donors (Lipinski definition) is 0. The van der Waals surface area contributed by atoms with Gasteiger partial charge >= 0.3 is 12.1 Å². The van der Waals surface area contributed by atoms with Crippen molar-refractivity contribution in [3.8, 4) is 0 Å². The van der Waals surface area contributed by atoms with Gasteiger partial charge in [0, 0.05) is 6.54 Å². The molecule has 0 unspecified atom stereocenters. The topological polar surface area (TPSA) is 49.9 Å². The summed E-state index contributed by atoms with van der Waals surface area (Å²) in [6, 6.07) is 9.22. The minimum Gasteiger partial charge on any atom is -0.444 e. The number of hydrogen-bond acceptors (Lipinski definition) is 3. The molecule has 0 aliphatic carbocycles. The molecule has 1 heterocycles. The molecule has 1 aromatic rings. The summed E-state index contributed by atoms with van der Waals surface area (Å²) in [5, 5.41) is 0. The van der Waals surface area contributed by atoms with Crippen molar-refractivity contribution >= 4 is 20.4 Å². The van der Waals surface area contributed by atoms with E-state index in [1.807, 2.05) is 34.9 Å². The summed E-state index contributed by atoms with van der Waals surface area (Å²) in [5.41, 5.74) is 0.912. The highest BCUT2D eigenvalue weighted by atomic mass is 28.3. The minimum absolute atomic E-state index is 0.191. The summed E-state index contributed by atoms with van der Waals surface area (Å²) in [6.45, 7) is 7.47. The average Bonchev–Trinajstić information content (AvgIpc) is 2.79. The third kappa shape index (κ3) is 3.19. The van der Waals surface area contributed by atoms with E-state index in [-0.39, 0.29) is 12.6 Å². The van der Waals surface area contributed by atoms with Crippen LogP contribution >= 0.6 is 0 Å². The molecule has 1 aromatic carbocycles. The Balaban J connectivity index is 1.93. The van der Waals surface area contributed by atoms with E-state index in [4.69, 9.17) is 4.74 Å². The van der Waals surface area contributed by atoms with Crippen molar-refractivity contribution in [2.24, 2.45) is 0 Å². The second kappa shape index (κ2) is 5.66. The highest BCUT2D eigenvalue weighted by Crippen LogP contribution is 2.18. The Morgan fingerprint density at radius 1 is 1.20 bits per heavy atom. The maximum Gasteiger partial charge on any atom is 0.418 e. The number of carbonyl (C=O) groups excluding carboxylic acids is 2. The van der Waals surface area contributed by atoms with Crippen molar-refractivity contribution in [1.29, 1.82) is 0 Å². The highest BCUT2D eigenvalue weighted by molar-refractivity contribution is 6.75. The fraction of sp³-hybridized carbons (Fsp3) is 0.429. The van der Waals surface area contributed by atoms with E-state index in [1.165, 1.54) is 4.90 Å². The largest absolute Gasteiger partial charge is 0.444 e. The summed E-state index contributed by atoms with van der Waals surface area (Å²) in [6.07, 6.45) is -0.556. The number of amides is 3. The standard InChI is InChI=1S/C14H20N2O3Si/c1-20(2,3)16-10-9-15(13(16)17)14(18)19-11-12-7-5-4-6-8-12/h4-8H,9-11H2,1-3H3. The third-order valence-corrected chi connectivity index (χ3v) is 5.28. The number of rotatable bonds is 3. The number of carbonyl (C=O) groups is 2. The molecule has 0 aromatic heterocycles. The van der Waals surface area contributed by atoms with E-state index in [2.05, 4.69) is 19.6 Å². The van der Waals surface area contributed by atoms with Crippen LogP contribution in [0, 0.1) is 0 Å². The van der Waals surface area contributed by atoms with E-state index in [0.717, 1.165) is 5.56 Å². The van der Waals surface area contributed by atoms with E-state index >= 15 is 0 Å². The van der Waals surface area contributed by atoms with Crippen LogP contribution in [0.2, 0.25) is 19.6 Å². The van der Waals surface area contributed by atoms with Crippen molar-refractivity contribution in [2.45, 2.75) is 26.2 Å². The molecule has 108 valence electrons. The van der Waals surface area contributed by atoms with Gasteiger partial charge in [0.15, 0.2) is 8.24 Å². The van der Waals surface area contributed by atoms with E-state index < -0.39 is 14.3 Å². The van der Waals surface area contributed by atoms with Gasteiger partial charge in [-0.1, -0.05) is 50.0 Å². The van der Waals surface area contributed by atoms with Crippen LogP contribution in [0.5, 0.6) is 0 Å². The lowest BCUT2D eigenvalue weighted by Crippen LogP contribution is -2.49. The normalized spacial score (nSPS) is 15.7. The fourth-order valence-electron chi connectivity index (χ4n) is 2.13. The van der Waals surface area contributed by atoms with Gasteiger partial charge in [-0.25, -0.2) is 14.5 Å². The van der Waals surface area contributed by atoms with Crippen molar-refractivity contribution in [2.75, 3.05) is 13.1 Å². The number of nitrogens with zero attached hydrogens (tertiary/aromatic N) is 2. The average molecular weight is 292 g/mol. The van der Waals surface area contributed by atoms with Gasteiger partial charge in [0.05, 0.1) is 6.54 Å². The van der Waals surface area contributed by atoms with Gasteiger partial charge in [0.2, 0.25) is 0 Å². The van der Waals surface area contributed by atoms with E-state index in [0.29, 0.717) is 13.1 Å². The first kappa shape index (κ1) is 14.6. The van der Waals surface area contributed by atoms with E-state index in [1.54, 1.807) is 0 Å². The Morgan fingerprint density at radius 2 is 1.85 bits per heavy atom. The molecule has 5 nitrogen and oxygen atoms in total. The Hall–Kier alpha value is -1.82. The molecular weight excluding hydrogens is 272 g/mol. The van der Waals surface area contributed by atoms with Crippen LogP contribution in [-0.4, -0.2) is 42.9 Å². The molecule has 0 bridgehead atoms. The Bertz CT molecular complexity index is 499. The molecule has 1 aliphatic rings. The summed E-state index contributed by atoms with van der Waals surface area (Å²) >= 11 is 0. The number of imide groups is 1. The van der Waals surface area contributed by atoms with Crippen LogP contribution < -0.4 is 0 Å². The van der Waals surface area contributed by atoms with Gasteiger partial charge in [-0.2, -0.15) is 0 Å². The molecule has 0 spiro atoms. The molecular formula is C14H20N2O3Si. The molecule has 3 amide bonds.